The number of carbonyl (C=O) groups is 1. The summed E-state index contributed by atoms with van der Waals surface area (Å²) in [6.45, 7) is 0. The lowest BCUT2D eigenvalue weighted by Gasteiger charge is -2.21. The van der Waals surface area contributed by atoms with Crippen LogP contribution in [0, 0.1) is 5.92 Å². The molecular weight excluding hydrogens is 420 g/mol. The Hall–Kier alpha value is -2.44. The summed E-state index contributed by atoms with van der Waals surface area (Å²) in [5.74, 6) is 0.590. The maximum atomic E-state index is 11.9. The fourth-order valence-corrected chi connectivity index (χ4v) is 5.53. The van der Waals surface area contributed by atoms with E-state index in [-0.39, 0.29) is 15.8 Å². The Morgan fingerprint density at radius 2 is 2.03 bits per heavy atom. The summed E-state index contributed by atoms with van der Waals surface area (Å²) in [5, 5.41) is 0.221. The zero-order valence-corrected chi connectivity index (χ0v) is 18.2. The lowest BCUT2D eigenvalue weighted by atomic mass is 9.86. The van der Waals surface area contributed by atoms with Crippen molar-refractivity contribution in [2.45, 2.75) is 36.5 Å². The summed E-state index contributed by atoms with van der Waals surface area (Å²) in [7, 11) is -3.39. The van der Waals surface area contributed by atoms with Crippen molar-refractivity contribution >= 4 is 27.2 Å². The predicted molar refractivity (Wildman–Crippen MR) is 117 cm³/mol. The number of ketones is 1. The highest BCUT2D eigenvalue weighted by Crippen LogP contribution is 2.38. The highest BCUT2D eigenvalue weighted by molar-refractivity contribution is 7.90. The van der Waals surface area contributed by atoms with E-state index in [1.807, 2.05) is 36.4 Å². The molecule has 3 aromatic rings. The molecule has 0 saturated heterocycles. The Kier molecular flexibility index (Phi) is 5.80. The molecule has 156 valence electrons. The topological polar surface area (TPSA) is 79.9 Å². The van der Waals surface area contributed by atoms with Gasteiger partial charge in [-0.15, -0.1) is 0 Å². The Labute approximate surface area is 181 Å². The third kappa shape index (κ3) is 4.50. The number of benzene rings is 1. The van der Waals surface area contributed by atoms with Gasteiger partial charge in [0.25, 0.3) is 0 Å². The summed E-state index contributed by atoms with van der Waals surface area (Å²) in [6.07, 6.45) is 5.82. The van der Waals surface area contributed by atoms with Crippen molar-refractivity contribution in [3.05, 3.63) is 71.0 Å². The molecule has 0 aliphatic heterocycles. The molecule has 0 bridgehead atoms. The number of sulfone groups is 1. The minimum Gasteiger partial charge on any atom is -0.357 e. The number of hydrogen-bond acceptors (Lipinski definition) is 4. The first-order valence-electron chi connectivity index (χ1n) is 9.93. The maximum absolute atomic E-state index is 11.9. The first-order chi connectivity index (χ1) is 14.3. The number of nitrogens with zero attached hydrogens (tertiary/aromatic N) is 1. The van der Waals surface area contributed by atoms with E-state index in [0.717, 1.165) is 41.7 Å². The Bertz CT molecular complexity index is 1170. The summed E-state index contributed by atoms with van der Waals surface area (Å²) < 4.78 is 23.9. The van der Waals surface area contributed by atoms with Crippen LogP contribution in [-0.4, -0.2) is 30.4 Å². The van der Waals surface area contributed by atoms with E-state index in [2.05, 4.69) is 9.97 Å². The molecule has 0 spiro atoms. The molecule has 7 heteroatoms. The second-order valence-corrected chi connectivity index (χ2v) is 10.3. The molecule has 1 N–H and O–H groups in total. The third-order valence-corrected chi connectivity index (χ3v) is 7.28. The van der Waals surface area contributed by atoms with Crippen LogP contribution >= 0.6 is 11.6 Å². The molecule has 0 amide bonds. The maximum Gasteiger partial charge on any atom is 0.176 e. The van der Waals surface area contributed by atoms with E-state index in [1.54, 1.807) is 18.3 Å². The summed E-state index contributed by atoms with van der Waals surface area (Å²) in [6, 6.07) is 14.9. The molecule has 1 aliphatic rings. The van der Waals surface area contributed by atoms with Crippen LogP contribution in [0.25, 0.3) is 11.4 Å². The van der Waals surface area contributed by atoms with Crippen LogP contribution in [0.4, 0.5) is 0 Å². The van der Waals surface area contributed by atoms with E-state index in [9.17, 15) is 13.2 Å². The minimum atomic E-state index is -3.39. The zero-order valence-electron chi connectivity index (χ0n) is 16.6. The lowest BCUT2D eigenvalue weighted by molar-refractivity contribution is -0.117. The number of aromatic nitrogens is 2. The smallest absolute Gasteiger partial charge is 0.176 e. The standard InChI is InChI=1S/C23H23ClN2O3S/c1-30(28,29)23-10-6-16(14-19(23)24)18(13-15-5-7-17(27)12-15)20-8-9-22(26-20)21-4-2-3-11-25-21/h2-4,6,8-11,14-15,18,26H,5,7,12-13H2,1H3/t15-,18?/m0/s1. The molecule has 5 nitrogen and oxygen atoms in total. The van der Waals surface area contributed by atoms with Gasteiger partial charge in [-0.2, -0.15) is 0 Å². The molecule has 1 saturated carbocycles. The molecule has 0 radical (unpaired) electrons. The van der Waals surface area contributed by atoms with E-state index < -0.39 is 9.84 Å². The number of Topliss-reactive ketones (excluding diaryl/α,β-unsaturated/α-hetero) is 1. The van der Waals surface area contributed by atoms with Crippen LogP contribution < -0.4 is 0 Å². The molecular formula is C23H23ClN2O3S. The van der Waals surface area contributed by atoms with Crippen molar-refractivity contribution in [2.24, 2.45) is 5.92 Å². The molecule has 1 aliphatic carbocycles. The van der Waals surface area contributed by atoms with Crippen molar-refractivity contribution in [2.75, 3.05) is 6.26 Å². The predicted octanol–water partition coefficient (Wildman–Crippen LogP) is 5.02. The molecule has 30 heavy (non-hydrogen) atoms. The van der Waals surface area contributed by atoms with Gasteiger partial charge in [0.15, 0.2) is 9.84 Å². The van der Waals surface area contributed by atoms with Gasteiger partial charge in [-0.3, -0.25) is 9.78 Å². The highest BCUT2D eigenvalue weighted by atomic mass is 35.5. The van der Waals surface area contributed by atoms with Crippen LogP contribution in [-0.2, 0) is 14.6 Å². The number of rotatable bonds is 6. The Morgan fingerprint density at radius 1 is 1.20 bits per heavy atom. The van der Waals surface area contributed by atoms with Crippen LogP contribution in [0.3, 0.4) is 0 Å². The van der Waals surface area contributed by atoms with Gasteiger partial charge in [-0.25, -0.2) is 8.42 Å². The van der Waals surface area contributed by atoms with Crippen molar-refractivity contribution in [1.29, 1.82) is 0 Å². The normalized spacial score (nSPS) is 17.9. The van der Waals surface area contributed by atoms with Gasteiger partial charge in [0.1, 0.15) is 5.78 Å². The van der Waals surface area contributed by atoms with E-state index >= 15 is 0 Å². The fraction of sp³-hybridized carbons (Fsp3) is 0.304. The molecule has 2 atom stereocenters. The van der Waals surface area contributed by atoms with Crippen LogP contribution in [0.15, 0.2) is 59.6 Å². The van der Waals surface area contributed by atoms with Crippen molar-refractivity contribution < 1.29 is 13.2 Å². The average molecular weight is 443 g/mol. The Morgan fingerprint density at radius 3 is 2.67 bits per heavy atom. The molecule has 2 aromatic heterocycles. The number of pyridine rings is 1. The highest BCUT2D eigenvalue weighted by Gasteiger charge is 2.28. The quantitative estimate of drug-likeness (QED) is 0.580. The van der Waals surface area contributed by atoms with Gasteiger partial charge in [0, 0.05) is 36.9 Å². The van der Waals surface area contributed by atoms with Crippen LogP contribution in [0.1, 0.15) is 42.9 Å². The van der Waals surface area contributed by atoms with Gasteiger partial charge >= 0.3 is 0 Å². The number of halogens is 1. The first-order valence-corrected chi connectivity index (χ1v) is 12.2. The van der Waals surface area contributed by atoms with Crippen molar-refractivity contribution in [1.82, 2.24) is 9.97 Å². The van der Waals surface area contributed by atoms with E-state index in [0.29, 0.717) is 24.5 Å². The molecule has 1 aromatic carbocycles. The van der Waals surface area contributed by atoms with Gasteiger partial charge < -0.3 is 4.98 Å². The molecule has 4 rings (SSSR count). The number of carbonyl (C=O) groups excluding carboxylic acids is 1. The summed E-state index contributed by atoms with van der Waals surface area (Å²) >= 11 is 6.33. The summed E-state index contributed by atoms with van der Waals surface area (Å²) in [4.78, 5) is 19.8. The SMILES string of the molecule is CS(=O)(=O)c1ccc(C(C[C@H]2CCC(=O)C2)c2ccc(-c3ccccn3)[nH]2)cc1Cl. The first kappa shape index (κ1) is 20.8. The Balaban J connectivity index is 1.71. The second-order valence-electron chi connectivity index (χ2n) is 7.94. The van der Waals surface area contributed by atoms with Gasteiger partial charge in [0.05, 0.1) is 21.3 Å². The average Bonchev–Trinajstić information content (AvgIpc) is 3.35. The van der Waals surface area contributed by atoms with E-state index in [4.69, 9.17) is 11.6 Å². The number of hydrogen-bond donors (Lipinski definition) is 1. The minimum absolute atomic E-state index is 0.0236. The third-order valence-electron chi connectivity index (χ3n) is 5.70. The fourth-order valence-electron chi connectivity index (χ4n) is 4.19. The summed E-state index contributed by atoms with van der Waals surface area (Å²) in [5.41, 5.74) is 3.69. The van der Waals surface area contributed by atoms with Crippen LogP contribution in [0.5, 0.6) is 0 Å². The monoisotopic (exact) mass is 442 g/mol. The van der Waals surface area contributed by atoms with Gasteiger partial charge in [-0.05, 0) is 60.7 Å². The van der Waals surface area contributed by atoms with Gasteiger partial charge in [0.2, 0.25) is 0 Å². The molecule has 1 fully saturated rings. The largest absolute Gasteiger partial charge is 0.357 e. The second kappa shape index (κ2) is 8.36. The number of H-pyrrole nitrogens is 1. The van der Waals surface area contributed by atoms with Crippen LogP contribution in [0.2, 0.25) is 5.02 Å². The van der Waals surface area contributed by atoms with Crippen molar-refractivity contribution in [3.63, 3.8) is 0 Å². The zero-order chi connectivity index (χ0) is 21.3. The molecule has 1 unspecified atom stereocenters. The van der Waals surface area contributed by atoms with Crippen molar-refractivity contribution in [3.8, 4) is 11.4 Å². The van der Waals surface area contributed by atoms with E-state index in [1.165, 1.54) is 0 Å². The van der Waals surface area contributed by atoms with Gasteiger partial charge in [-0.1, -0.05) is 23.7 Å². The lowest BCUT2D eigenvalue weighted by Crippen LogP contribution is -2.09. The molecule has 2 heterocycles. The number of nitrogens with one attached hydrogen (secondary N) is 1. The number of aromatic amines is 1.